The molecule has 0 fully saturated rings. The average Bonchev–Trinajstić information content (AvgIpc) is 2.58. The number of fused-ring (bicyclic) bond motifs is 3. The first-order chi connectivity index (χ1) is 9.45. The van der Waals surface area contributed by atoms with Crippen molar-refractivity contribution < 1.29 is 0 Å². The van der Waals surface area contributed by atoms with Crippen LogP contribution >= 0.6 is 0 Å². The molecule has 1 aromatic rings. The van der Waals surface area contributed by atoms with E-state index in [4.69, 9.17) is 0 Å². The van der Waals surface area contributed by atoms with Gasteiger partial charge in [0.15, 0.2) is 0 Å². The van der Waals surface area contributed by atoms with Crippen LogP contribution in [0.15, 0.2) is 90.1 Å². The van der Waals surface area contributed by atoms with E-state index in [1.807, 2.05) is 0 Å². The van der Waals surface area contributed by atoms with Gasteiger partial charge in [-0.3, -0.25) is 0 Å². The monoisotopic (exact) mass is 242 g/mol. The van der Waals surface area contributed by atoms with Gasteiger partial charge in [-0.15, -0.1) is 0 Å². The van der Waals surface area contributed by atoms with E-state index in [0.29, 0.717) is 5.92 Å². The van der Waals surface area contributed by atoms with Crippen molar-refractivity contribution in [3.8, 4) is 0 Å². The largest absolute Gasteiger partial charge is 0.0726 e. The summed E-state index contributed by atoms with van der Waals surface area (Å²) in [5.41, 5.74) is 6.92. The Balaban J connectivity index is 2.05. The lowest BCUT2D eigenvalue weighted by Crippen LogP contribution is -1.96. The van der Waals surface area contributed by atoms with Gasteiger partial charge in [-0.1, -0.05) is 78.9 Å². The van der Waals surface area contributed by atoms with Gasteiger partial charge in [0, 0.05) is 5.92 Å². The van der Waals surface area contributed by atoms with Gasteiger partial charge in [0.1, 0.15) is 0 Å². The number of allylic oxidation sites excluding steroid dienone is 12. The molecule has 0 aromatic heterocycles. The lowest BCUT2D eigenvalue weighted by atomic mass is 9.90. The first-order valence-electron chi connectivity index (χ1n) is 6.69. The molecule has 0 aliphatic heterocycles. The molecule has 0 nitrogen and oxygen atoms in total. The summed E-state index contributed by atoms with van der Waals surface area (Å²) in [5, 5.41) is 0. The average molecular weight is 242 g/mol. The van der Waals surface area contributed by atoms with Gasteiger partial charge in [0.25, 0.3) is 0 Å². The molecule has 1 unspecified atom stereocenters. The minimum absolute atomic E-state index is 0.392. The minimum Gasteiger partial charge on any atom is -0.0726 e. The first kappa shape index (κ1) is 10.6. The van der Waals surface area contributed by atoms with E-state index in [2.05, 4.69) is 78.9 Å². The quantitative estimate of drug-likeness (QED) is 0.617. The summed E-state index contributed by atoms with van der Waals surface area (Å²) in [6, 6.07) is 8.75. The summed E-state index contributed by atoms with van der Waals surface area (Å²) >= 11 is 0. The third-order valence-corrected chi connectivity index (χ3v) is 3.95. The molecule has 0 bridgehead atoms. The lowest BCUT2D eigenvalue weighted by Gasteiger charge is -2.13. The molecule has 19 heavy (non-hydrogen) atoms. The van der Waals surface area contributed by atoms with Crippen molar-refractivity contribution in [1.29, 1.82) is 0 Å². The van der Waals surface area contributed by atoms with Crippen LogP contribution in [0.1, 0.15) is 17.0 Å². The predicted octanol–water partition coefficient (Wildman–Crippen LogP) is 4.72. The SMILES string of the molecule is C1=C/C2=C/C=C\C=C/C3=C2C(C=C1)c1ccccc13. The van der Waals surface area contributed by atoms with Crippen molar-refractivity contribution in [2.75, 3.05) is 0 Å². The van der Waals surface area contributed by atoms with Crippen molar-refractivity contribution in [3.63, 3.8) is 0 Å². The molecule has 0 radical (unpaired) electrons. The predicted molar refractivity (Wildman–Crippen MR) is 80.7 cm³/mol. The minimum atomic E-state index is 0.392. The summed E-state index contributed by atoms with van der Waals surface area (Å²) in [5.74, 6) is 0.392. The van der Waals surface area contributed by atoms with Crippen LogP contribution in [0.3, 0.4) is 0 Å². The highest BCUT2D eigenvalue weighted by atomic mass is 14.3. The fourth-order valence-corrected chi connectivity index (χ4v) is 3.14. The molecule has 0 heterocycles. The summed E-state index contributed by atoms with van der Waals surface area (Å²) in [6.07, 6.45) is 19.6. The fourth-order valence-electron chi connectivity index (χ4n) is 3.14. The zero-order valence-corrected chi connectivity index (χ0v) is 10.6. The normalized spacial score (nSPS) is 28.6. The molecule has 0 spiro atoms. The number of rotatable bonds is 0. The summed E-state index contributed by atoms with van der Waals surface area (Å²) in [4.78, 5) is 0. The van der Waals surface area contributed by atoms with Gasteiger partial charge in [0.2, 0.25) is 0 Å². The molecule has 3 aliphatic carbocycles. The van der Waals surface area contributed by atoms with Gasteiger partial charge < -0.3 is 0 Å². The van der Waals surface area contributed by atoms with Crippen LogP contribution in [0, 0.1) is 0 Å². The number of hydrogen-bond acceptors (Lipinski definition) is 0. The van der Waals surface area contributed by atoms with E-state index in [1.54, 1.807) is 0 Å². The van der Waals surface area contributed by atoms with Crippen molar-refractivity contribution in [2.45, 2.75) is 5.92 Å². The van der Waals surface area contributed by atoms with Gasteiger partial charge in [0.05, 0.1) is 0 Å². The Hall–Kier alpha value is -2.34. The van der Waals surface area contributed by atoms with E-state index in [0.717, 1.165) is 0 Å². The van der Waals surface area contributed by atoms with Crippen molar-refractivity contribution in [3.05, 3.63) is 101 Å². The van der Waals surface area contributed by atoms with Crippen molar-refractivity contribution in [1.82, 2.24) is 0 Å². The molecule has 1 aromatic carbocycles. The van der Waals surface area contributed by atoms with Crippen LogP contribution in [0.5, 0.6) is 0 Å². The maximum Gasteiger partial charge on any atom is 0.0290 e. The Bertz CT molecular complexity index is 718. The Labute approximate surface area is 113 Å². The Morgan fingerprint density at radius 2 is 1.68 bits per heavy atom. The molecule has 0 saturated heterocycles. The highest BCUT2D eigenvalue weighted by Gasteiger charge is 2.30. The second-order valence-electron chi connectivity index (χ2n) is 5.00. The van der Waals surface area contributed by atoms with Gasteiger partial charge in [-0.2, -0.15) is 0 Å². The molecular weight excluding hydrogens is 228 g/mol. The van der Waals surface area contributed by atoms with Crippen LogP contribution in [-0.4, -0.2) is 0 Å². The lowest BCUT2D eigenvalue weighted by molar-refractivity contribution is 1.05. The van der Waals surface area contributed by atoms with Crippen LogP contribution in [0.25, 0.3) is 5.57 Å². The maximum atomic E-state index is 2.30. The van der Waals surface area contributed by atoms with Crippen molar-refractivity contribution in [2.24, 2.45) is 0 Å². The number of hydrogen-bond donors (Lipinski definition) is 0. The molecular formula is C19H14. The second-order valence-corrected chi connectivity index (χ2v) is 5.00. The van der Waals surface area contributed by atoms with Gasteiger partial charge in [-0.25, -0.2) is 0 Å². The Morgan fingerprint density at radius 3 is 2.68 bits per heavy atom. The zero-order chi connectivity index (χ0) is 12.7. The molecule has 3 aliphatic rings. The van der Waals surface area contributed by atoms with Crippen LogP contribution < -0.4 is 0 Å². The molecule has 0 saturated carbocycles. The standard InChI is InChI=1S/C19H14/c1-2-8-14-9-4-5-13-18-16-11-7-6-10-15(16)17(12-3-1)19(14)18/h1-13,18H/b2-1-,3-1?,8-2?,12-3-,14-8-,17-12?. The molecule has 0 N–H and O–H groups in total. The third-order valence-electron chi connectivity index (χ3n) is 3.95. The Morgan fingerprint density at radius 1 is 0.789 bits per heavy atom. The van der Waals surface area contributed by atoms with E-state index in [1.165, 1.54) is 27.8 Å². The summed E-state index contributed by atoms with van der Waals surface area (Å²) in [6.45, 7) is 0. The van der Waals surface area contributed by atoms with Crippen LogP contribution in [0.2, 0.25) is 0 Å². The van der Waals surface area contributed by atoms with E-state index in [-0.39, 0.29) is 0 Å². The molecule has 90 valence electrons. The van der Waals surface area contributed by atoms with Crippen molar-refractivity contribution >= 4 is 5.57 Å². The van der Waals surface area contributed by atoms with E-state index in [9.17, 15) is 0 Å². The smallest absolute Gasteiger partial charge is 0.0290 e. The van der Waals surface area contributed by atoms with Gasteiger partial charge >= 0.3 is 0 Å². The molecule has 0 heteroatoms. The van der Waals surface area contributed by atoms with Gasteiger partial charge in [-0.05, 0) is 27.8 Å². The Kier molecular flexibility index (Phi) is 2.28. The molecule has 1 atom stereocenters. The summed E-state index contributed by atoms with van der Waals surface area (Å²) in [7, 11) is 0. The van der Waals surface area contributed by atoms with E-state index >= 15 is 0 Å². The first-order valence-corrected chi connectivity index (χ1v) is 6.69. The van der Waals surface area contributed by atoms with Crippen LogP contribution in [0.4, 0.5) is 0 Å². The third kappa shape index (κ3) is 1.53. The fraction of sp³-hybridized carbons (Fsp3) is 0.0526. The highest BCUT2D eigenvalue weighted by molar-refractivity contribution is 5.89. The maximum absolute atomic E-state index is 2.30. The topological polar surface area (TPSA) is 0 Å². The summed E-state index contributed by atoms with van der Waals surface area (Å²) < 4.78 is 0. The second kappa shape index (κ2) is 4.10. The van der Waals surface area contributed by atoms with Crippen LogP contribution in [-0.2, 0) is 0 Å². The highest BCUT2D eigenvalue weighted by Crippen LogP contribution is 2.47. The number of benzene rings is 1. The molecule has 0 amide bonds. The van der Waals surface area contributed by atoms with E-state index < -0.39 is 0 Å². The molecule has 4 rings (SSSR count). The zero-order valence-electron chi connectivity index (χ0n) is 10.6.